The van der Waals surface area contributed by atoms with Crippen molar-refractivity contribution < 1.29 is 4.79 Å². The Balaban J connectivity index is 2.01. The molecule has 0 saturated carbocycles. The highest BCUT2D eigenvalue weighted by atomic mass is 16.2. The Bertz CT molecular complexity index is 768. The van der Waals surface area contributed by atoms with E-state index >= 15 is 0 Å². The molecule has 112 valence electrons. The van der Waals surface area contributed by atoms with Crippen LogP contribution < -0.4 is 4.90 Å². The zero-order valence-corrected chi connectivity index (χ0v) is 12.4. The number of carbonyl (C=O) groups is 1. The molecule has 0 aromatic carbocycles. The molecule has 3 rings (SSSR count). The van der Waals surface area contributed by atoms with Crippen LogP contribution in [0.15, 0.2) is 43.0 Å². The minimum absolute atomic E-state index is 0.0412. The second kappa shape index (κ2) is 6.34. The fraction of sp³-hybridized carbons (Fsp3) is 0.250. The van der Waals surface area contributed by atoms with E-state index in [0.717, 1.165) is 29.6 Å². The third kappa shape index (κ3) is 2.81. The summed E-state index contributed by atoms with van der Waals surface area (Å²) in [5, 5.41) is 7.65. The van der Waals surface area contributed by atoms with Crippen molar-refractivity contribution in [1.82, 2.24) is 20.2 Å². The van der Waals surface area contributed by atoms with Gasteiger partial charge in [0.15, 0.2) is 5.65 Å². The molecule has 22 heavy (non-hydrogen) atoms. The Morgan fingerprint density at radius 2 is 2.18 bits per heavy atom. The van der Waals surface area contributed by atoms with E-state index in [4.69, 9.17) is 0 Å². The standard InChI is InChI=1S/C16H17N5O/c1-2-3-6-15(22)21(13-5-4-7-17-10-13)14-8-12-9-19-20-16(12)18-11-14/h4-5,7-11H,2-3,6H2,1H3,(H,18,19,20). The summed E-state index contributed by atoms with van der Waals surface area (Å²) in [6.45, 7) is 2.07. The summed E-state index contributed by atoms with van der Waals surface area (Å²) in [4.78, 5) is 22.7. The highest BCUT2D eigenvalue weighted by Gasteiger charge is 2.18. The number of H-pyrrole nitrogens is 1. The SMILES string of the molecule is CCCCC(=O)N(c1cccnc1)c1cnc2[nH]ncc2c1. The van der Waals surface area contributed by atoms with Crippen LogP contribution in [-0.4, -0.2) is 26.1 Å². The molecule has 1 N–H and O–H groups in total. The number of aromatic amines is 1. The largest absolute Gasteiger partial charge is 0.278 e. The van der Waals surface area contributed by atoms with Gasteiger partial charge in [0.2, 0.25) is 5.91 Å². The molecular weight excluding hydrogens is 278 g/mol. The van der Waals surface area contributed by atoms with Crippen LogP contribution in [0.3, 0.4) is 0 Å². The second-order valence-electron chi connectivity index (χ2n) is 5.05. The van der Waals surface area contributed by atoms with Gasteiger partial charge in [0.1, 0.15) is 0 Å². The summed E-state index contributed by atoms with van der Waals surface area (Å²) < 4.78 is 0. The molecule has 0 aliphatic heterocycles. The van der Waals surface area contributed by atoms with Gasteiger partial charge in [-0.2, -0.15) is 5.10 Å². The number of hydrogen-bond acceptors (Lipinski definition) is 4. The van der Waals surface area contributed by atoms with Crippen LogP contribution in [0.5, 0.6) is 0 Å². The quantitative estimate of drug-likeness (QED) is 0.784. The van der Waals surface area contributed by atoms with Gasteiger partial charge >= 0.3 is 0 Å². The Morgan fingerprint density at radius 3 is 2.95 bits per heavy atom. The first-order valence-corrected chi connectivity index (χ1v) is 7.31. The molecule has 6 heteroatoms. The van der Waals surface area contributed by atoms with Crippen molar-refractivity contribution in [1.29, 1.82) is 0 Å². The normalized spacial score (nSPS) is 10.8. The van der Waals surface area contributed by atoms with Gasteiger partial charge in [-0.05, 0) is 24.6 Å². The van der Waals surface area contributed by atoms with Crippen LogP contribution in [0.4, 0.5) is 11.4 Å². The number of nitrogens with zero attached hydrogens (tertiary/aromatic N) is 4. The monoisotopic (exact) mass is 295 g/mol. The minimum atomic E-state index is 0.0412. The predicted octanol–water partition coefficient (Wildman–Crippen LogP) is 3.21. The van der Waals surface area contributed by atoms with Crippen LogP contribution >= 0.6 is 0 Å². The molecule has 3 aromatic heterocycles. The number of pyridine rings is 2. The van der Waals surface area contributed by atoms with Crippen molar-refractivity contribution in [2.75, 3.05) is 4.90 Å². The van der Waals surface area contributed by atoms with Crippen LogP contribution in [0.1, 0.15) is 26.2 Å². The molecule has 3 aromatic rings. The molecular formula is C16H17N5O. The first-order valence-electron chi connectivity index (χ1n) is 7.31. The van der Waals surface area contributed by atoms with E-state index in [2.05, 4.69) is 27.1 Å². The van der Waals surface area contributed by atoms with E-state index in [1.165, 1.54) is 0 Å². The van der Waals surface area contributed by atoms with Crippen molar-refractivity contribution >= 4 is 28.3 Å². The van der Waals surface area contributed by atoms with Gasteiger partial charge in [-0.3, -0.25) is 19.8 Å². The predicted molar refractivity (Wildman–Crippen MR) is 84.8 cm³/mol. The maximum Gasteiger partial charge on any atom is 0.231 e. The van der Waals surface area contributed by atoms with Crippen LogP contribution in [0.2, 0.25) is 0 Å². The average molecular weight is 295 g/mol. The molecule has 0 aliphatic carbocycles. The van der Waals surface area contributed by atoms with Crippen molar-refractivity contribution in [2.24, 2.45) is 0 Å². The first kappa shape index (κ1) is 14.2. The maximum atomic E-state index is 12.6. The number of unbranched alkanes of at least 4 members (excludes halogenated alkanes) is 1. The van der Waals surface area contributed by atoms with E-state index in [9.17, 15) is 4.79 Å². The van der Waals surface area contributed by atoms with Crippen molar-refractivity contribution in [3.8, 4) is 0 Å². The fourth-order valence-electron chi connectivity index (χ4n) is 2.31. The highest BCUT2D eigenvalue weighted by Crippen LogP contribution is 2.27. The highest BCUT2D eigenvalue weighted by molar-refractivity contribution is 6.01. The van der Waals surface area contributed by atoms with E-state index in [1.807, 2.05) is 18.2 Å². The summed E-state index contributed by atoms with van der Waals surface area (Å²) >= 11 is 0. The first-order chi connectivity index (χ1) is 10.8. The van der Waals surface area contributed by atoms with Crippen LogP contribution in [0, 0.1) is 0 Å². The number of nitrogens with one attached hydrogen (secondary N) is 1. The Labute approximate surface area is 128 Å². The molecule has 0 unspecified atom stereocenters. The van der Waals surface area contributed by atoms with Gasteiger partial charge in [-0.1, -0.05) is 13.3 Å². The van der Waals surface area contributed by atoms with Crippen LogP contribution in [-0.2, 0) is 4.79 Å². The van der Waals surface area contributed by atoms with Crippen molar-refractivity contribution in [3.05, 3.63) is 43.0 Å². The molecule has 0 bridgehead atoms. The lowest BCUT2D eigenvalue weighted by molar-refractivity contribution is -0.118. The van der Waals surface area contributed by atoms with Crippen molar-refractivity contribution in [3.63, 3.8) is 0 Å². The number of aromatic nitrogens is 4. The molecule has 0 aliphatic rings. The molecule has 0 atom stereocenters. The number of rotatable bonds is 5. The number of carbonyl (C=O) groups excluding carboxylic acids is 1. The third-order valence-corrected chi connectivity index (χ3v) is 3.43. The third-order valence-electron chi connectivity index (χ3n) is 3.43. The zero-order chi connectivity index (χ0) is 15.4. The molecule has 6 nitrogen and oxygen atoms in total. The van der Waals surface area contributed by atoms with Gasteiger partial charge in [-0.15, -0.1) is 0 Å². The molecule has 0 spiro atoms. The summed E-state index contributed by atoms with van der Waals surface area (Å²) in [6, 6.07) is 5.60. The number of anilines is 2. The van der Waals surface area contributed by atoms with E-state index < -0.39 is 0 Å². The molecule has 0 radical (unpaired) electrons. The summed E-state index contributed by atoms with van der Waals surface area (Å²) in [7, 11) is 0. The van der Waals surface area contributed by atoms with Gasteiger partial charge in [0, 0.05) is 18.0 Å². The summed E-state index contributed by atoms with van der Waals surface area (Å²) in [5.74, 6) is 0.0412. The molecule has 0 saturated heterocycles. The Kier molecular flexibility index (Phi) is 4.09. The van der Waals surface area contributed by atoms with Crippen molar-refractivity contribution in [2.45, 2.75) is 26.2 Å². The number of amides is 1. The average Bonchev–Trinajstić information content (AvgIpc) is 3.02. The van der Waals surface area contributed by atoms with Gasteiger partial charge in [0.25, 0.3) is 0 Å². The van der Waals surface area contributed by atoms with E-state index in [0.29, 0.717) is 12.1 Å². The molecule has 1 amide bonds. The lowest BCUT2D eigenvalue weighted by Gasteiger charge is -2.22. The second-order valence-corrected chi connectivity index (χ2v) is 5.05. The minimum Gasteiger partial charge on any atom is -0.278 e. The topological polar surface area (TPSA) is 74.8 Å². The lowest BCUT2D eigenvalue weighted by atomic mass is 10.2. The molecule has 3 heterocycles. The number of hydrogen-bond donors (Lipinski definition) is 1. The van der Waals surface area contributed by atoms with Gasteiger partial charge < -0.3 is 0 Å². The smallest absolute Gasteiger partial charge is 0.231 e. The molecule has 0 fully saturated rings. The van der Waals surface area contributed by atoms with Gasteiger partial charge in [0.05, 0.1) is 30.0 Å². The van der Waals surface area contributed by atoms with Gasteiger partial charge in [-0.25, -0.2) is 4.98 Å². The number of fused-ring (bicyclic) bond motifs is 1. The van der Waals surface area contributed by atoms with E-state index in [1.54, 1.807) is 29.7 Å². The maximum absolute atomic E-state index is 12.6. The zero-order valence-electron chi connectivity index (χ0n) is 12.4. The van der Waals surface area contributed by atoms with E-state index in [-0.39, 0.29) is 5.91 Å². The Hall–Kier alpha value is -2.76. The lowest BCUT2D eigenvalue weighted by Crippen LogP contribution is -2.25. The fourth-order valence-corrected chi connectivity index (χ4v) is 2.31. The summed E-state index contributed by atoms with van der Waals surface area (Å²) in [5.41, 5.74) is 2.17. The Morgan fingerprint density at radius 1 is 1.27 bits per heavy atom. The van der Waals surface area contributed by atoms with Crippen LogP contribution in [0.25, 0.3) is 11.0 Å². The summed E-state index contributed by atoms with van der Waals surface area (Å²) in [6.07, 6.45) is 9.08.